The van der Waals surface area contributed by atoms with Crippen molar-refractivity contribution in [1.29, 1.82) is 0 Å². The molecule has 0 aromatic carbocycles. The molecule has 4 atom stereocenters. The van der Waals surface area contributed by atoms with E-state index in [0.717, 1.165) is 6.42 Å². The van der Waals surface area contributed by atoms with E-state index in [1.807, 2.05) is 6.08 Å². The number of Topliss-reactive ketones (excluding diaryl/α,β-unsaturated/α-hetero) is 1. The standard InChI is InChI=1S/C12H12O2/c1-7(13)12-5-4-10(14)11(12)8-2-3-9(12)6-8/h2-5,8-9,11H,6H2,1H3/t8-,9+,11+,12-/m1/s1. The Morgan fingerprint density at radius 2 is 2.29 bits per heavy atom. The lowest BCUT2D eigenvalue weighted by Gasteiger charge is -2.32. The Labute approximate surface area is 82.7 Å². The fraction of sp³-hybridized carbons (Fsp3) is 0.500. The molecule has 0 unspecified atom stereocenters. The number of allylic oxidation sites excluding steroid dienone is 4. The van der Waals surface area contributed by atoms with Crippen molar-refractivity contribution in [2.24, 2.45) is 23.2 Å². The van der Waals surface area contributed by atoms with Gasteiger partial charge in [0.1, 0.15) is 5.78 Å². The molecule has 1 saturated carbocycles. The minimum atomic E-state index is -0.462. The topological polar surface area (TPSA) is 34.1 Å². The van der Waals surface area contributed by atoms with Crippen LogP contribution < -0.4 is 0 Å². The Balaban J connectivity index is 2.19. The van der Waals surface area contributed by atoms with Crippen LogP contribution in [0.5, 0.6) is 0 Å². The molecule has 0 radical (unpaired) electrons. The molecule has 0 amide bonds. The molecule has 0 aromatic heterocycles. The average molecular weight is 188 g/mol. The highest BCUT2D eigenvalue weighted by atomic mass is 16.1. The number of ketones is 2. The first-order valence-electron chi connectivity index (χ1n) is 5.08. The van der Waals surface area contributed by atoms with E-state index < -0.39 is 5.41 Å². The van der Waals surface area contributed by atoms with Gasteiger partial charge in [0, 0.05) is 5.92 Å². The van der Waals surface area contributed by atoms with Gasteiger partial charge in [0.15, 0.2) is 5.78 Å². The summed E-state index contributed by atoms with van der Waals surface area (Å²) in [6, 6.07) is 0. The molecule has 14 heavy (non-hydrogen) atoms. The number of hydrogen-bond acceptors (Lipinski definition) is 2. The van der Waals surface area contributed by atoms with Crippen molar-refractivity contribution in [2.75, 3.05) is 0 Å². The summed E-state index contributed by atoms with van der Waals surface area (Å²) in [7, 11) is 0. The molecule has 2 nitrogen and oxygen atoms in total. The van der Waals surface area contributed by atoms with E-state index in [1.54, 1.807) is 13.0 Å². The van der Waals surface area contributed by atoms with E-state index in [2.05, 4.69) is 12.2 Å². The summed E-state index contributed by atoms with van der Waals surface area (Å²) in [5.41, 5.74) is -0.462. The zero-order valence-electron chi connectivity index (χ0n) is 8.07. The molecule has 3 aliphatic rings. The van der Waals surface area contributed by atoms with Gasteiger partial charge in [-0.3, -0.25) is 9.59 Å². The Bertz CT molecular complexity index is 391. The highest BCUT2D eigenvalue weighted by Gasteiger charge is 2.61. The van der Waals surface area contributed by atoms with Crippen molar-refractivity contribution in [1.82, 2.24) is 0 Å². The van der Waals surface area contributed by atoms with Crippen molar-refractivity contribution in [3.05, 3.63) is 24.3 Å². The van der Waals surface area contributed by atoms with Gasteiger partial charge in [-0.05, 0) is 31.3 Å². The fourth-order valence-electron chi connectivity index (χ4n) is 3.51. The van der Waals surface area contributed by atoms with Crippen LogP contribution in [0, 0.1) is 23.2 Å². The van der Waals surface area contributed by atoms with Gasteiger partial charge in [0.2, 0.25) is 0 Å². The van der Waals surface area contributed by atoms with E-state index in [4.69, 9.17) is 0 Å². The van der Waals surface area contributed by atoms with Crippen molar-refractivity contribution in [2.45, 2.75) is 13.3 Å². The smallest absolute Gasteiger partial charge is 0.160 e. The molecule has 0 aromatic rings. The third-order valence-electron chi connectivity index (χ3n) is 4.11. The summed E-state index contributed by atoms with van der Waals surface area (Å²) in [5, 5.41) is 0. The number of carbonyl (C=O) groups excluding carboxylic acids is 2. The first-order valence-corrected chi connectivity index (χ1v) is 5.08. The van der Waals surface area contributed by atoms with Gasteiger partial charge in [0.05, 0.1) is 5.41 Å². The van der Waals surface area contributed by atoms with Gasteiger partial charge in [-0.2, -0.15) is 0 Å². The largest absolute Gasteiger partial charge is 0.299 e. The van der Waals surface area contributed by atoms with E-state index in [9.17, 15) is 9.59 Å². The number of rotatable bonds is 1. The first kappa shape index (κ1) is 8.16. The van der Waals surface area contributed by atoms with Crippen LogP contribution in [0.4, 0.5) is 0 Å². The highest BCUT2D eigenvalue weighted by molar-refractivity contribution is 6.04. The summed E-state index contributed by atoms with van der Waals surface area (Å²) < 4.78 is 0. The van der Waals surface area contributed by atoms with Crippen LogP contribution in [0.3, 0.4) is 0 Å². The number of hydrogen-bond donors (Lipinski definition) is 0. The van der Waals surface area contributed by atoms with Crippen LogP contribution >= 0.6 is 0 Å². The molecule has 3 aliphatic carbocycles. The van der Waals surface area contributed by atoms with Gasteiger partial charge < -0.3 is 0 Å². The van der Waals surface area contributed by atoms with Gasteiger partial charge in [-0.25, -0.2) is 0 Å². The van der Waals surface area contributed by atoms with E-state index in [0.29, 0.717) is 5.92 Å². The van der Waals surface area contributed by atoms with Crippen LogP contribution in [0.2, 0.25) is 0 Å². The Morgan fingerprint density at radius 3 is 2.93 bits per heavy atom. The predicted octanol–water partition coefficient (Wildman–Crippen LogP) is 1.52. The molecular formula is C12H12O2. The van der Waals surface area contributed by atoms with E-state index in [-0.39, 0.29) is 23.4 Å². The molecule has 0 spiro atoms. The second kappa shape index (κ2) is 2.25. The van der Waals surface area contributed by atoms with Crippen molar-refractivity contribution in [3.63, 3.8) is 0 Å². The maximum absolute atomic E-state index is 11.7. The minimum absolute atomic E-state index is 0.0741. The lowest BCUT2D eigenvalue weighted by molar-refractivity contribution is -0.132. The Kier molecular flexibility index (Phi) is 1.31. The third kappa shape index (κ3) is 0.658. The van der Waals surface area contributed by atoms with Gasteiger partial charge in [-0.1, -0.05) is 18.2 Å². The predicted molar refractivity (Wildman–Crippen MR) is 51.5 cm³/mol. The Morgan fingerprint density at radius 1 is 1.50 bits per heavy atom. The van der Waals surface area contributed by atoms with Gasteiger partial charge in [0.25, 0.3) is 0 Å². The molecule has 0 aliphatic heterocycles. The van der Waals surface area contributed by atoms with Crippen LogP contribution in [-0.4, -0.2) is 11.6 Å². The summed E-state index contributed by atoms with van der Waals surface area (Å²) in [6.45, 7) is 1.62. The molecule has 2 heteroatoms. The monoisotopic (exact) mass is 188 g/mol. The maximum atomic E-state index is 11.7. The lowest BCUT2D eigenvalue weighted by atomic mass is 9.68. The molecule has 0 heterocycles. The first-order chi connectivity index (χ1) is 6.66. The van der Waals surface area contributed by atoms with Crippen molar-refractivity contribution < 1.29 is 9.59 Å². The normalized spacial score (nSPS) is 47.5. The minimum Gasteiger partial charge on any atom is -0.299 e. The molecule has 1 fully saturated rings. The fourth-order valence-corrected chi connectivity index (χ4v) is 3.51. The van der Waals surface area contributed by atoms with Crippen molar-refractivity contribution in [3.8, 4) is 0 Å². The van der Waals surface area contributed by atoms with E-state index >= 15 is 0 Å². The second-order valence-corrected chi connectivity index (χ2v) is 4.59. The molecule has 0 N–H and O–H groups in total. The summed E-state index contributed by atoms with van der Waals surface area (Å²) in [6.07, 6.45) is 8.68. The van der Waals surface area contributed by atoms with Crippen LogP contribution in [0.25, 0.3) is 0 Å². The maximum Gasteiger partial charge on any atom is 0.160 e. The second-order valence-electron chi connectivity index (χ2n) is 4.59. The summed E-state index contributed by atoms with van der Waals surface area (Å²) in [5.74, 6) is 0.817. The number of fused-ring (bicyclic) bond motifs is 5. The molecule has 72 valence electrons. The average Bonchev–Trinajstić information content (AvgIpc) is 2.76. The zero-order chi connectivity index (χ0) is 9.92. The van der Waals surface area contributed by atoms with Crippen LogP contribution in [-0.2, 0) is 9.59 Å². The SMILES string of the molecule is CC(=O)[C@@]12C=CC(=O)[C@@H]1[C@@H]1C=C[C@H]2C1. The molecule has 2 bridgehead atoms. The zero-order valence-corrected chi connectivity index (χ0v) is 8.07. The number of carbonyl (C=O) groups is 2. The van der Waals surface area contributed by atoms with Crippen LogP contribution in [0.15, 0.2) is 24.3 Å². The van der Waals surface area contributed by atoms with E-state index in [1.165, 1.54) is 0 Å². The third-order valence-corrected chi connectivity index (χ3v) is 4.11. The quantitative estimate of drug-likeness (QED) is 0.585. The molecule has 0 saturated heterocycles. The molecular weight excluding hydrogens is 176 g/mol. The van der Waals surface area contributed by atoms with Gasteiger partial charge >= 0.3 is 0 Å². The molecule has 3 rings (SSSR count). The van der Waals surface area contributed by atoms with Gasteiger partial charge in [-0.15, -0.1) is 0 Å². The van der Waals surface area contributed by atoms with Crippen molar-refractivity contribution >= 4 is 11.6 Å². The highest BCUT2D eigenvalue weighted by Crippen LogP contribution is 2.60. The summed E-state index contributed by atoms with van der Waals surface area (Å²) in [4.78, 5) is 23.4. The lowest BCUT2D eigenvalue weighted by Crippen LogP contribution is -2.38. The van der Waals surface area contributed by atoms with Crippen LogP contribution in [0.1, 0.15) is 13.3 Å². The Hall–Kier alpha value is -1.18. The summed E-state index contributed by atoms with van der Waals surface area (Å²) >= 11 is 0.